The van der Waals surface area contributed by atoms with Crippen molar-refractivity contribution >= 4 is 22.5 Å². The molecule has 21 heavy (non-hydrogen) atoms. The average Bonchev–Trinajstić information content (AvgIpc) is 2.54. The number of fused-ring (bicyclic) bond motifs is 1. The molecule has 2 aromatic carbocycles. The number of hydrogen-bond donors (Lipinski definition) is 1. The molecule has 3 aromatic rings. The van der Waals surface area contributed by atoms with Crippen LogP contribution in [-0.2, 0) is 0 Å². The van der Waals surface area contributed by atoms with Crippen molar-refractivity contribution in [1.29, 1.82) is 0 Å². The average molecular weight is 278 g/mol. The molecule has 0 spiro atoms. The van der Waals surface area contributed by atoms with Gasteiger partial charge in [-0.3, -0.25) is 9.78 Å². The van der Waals surface area contributed by atoms with Gasteiger partial charge in [0.05, 0.1) is 5.52 Å². The molecule has 0 aliphatic heterocycles. The molecule has 1 N–H and O–H groups in total. The number of hydrogen-bond acceptors (Lipinski definition) is 3. The van der Waals surface area contributed by atoms with Crippen molar-refractivity contribution in [2.75, 3.05) is 11.9 Å². The van der Waals surface area contributed by atoms with E-state index in [0.717, 1.165) is 16.6 Å². The number of carbonyl (C=O) groups is 1. The molecule has 1 aromatic heterocycles. The summed E-state index contributed by atoms with van der Waals surface area (Å²) in [6.45, 7) is 0. The van der Waals surface area contributed by atoms with Crippen molar-refractivity contribution in [3.8, 4) is 5.75 Å². The largest absolute Gasteiger partial charge is 0.508 e. The zero-order valence-electron chi connectivity index (χ0n) is 11.5. The third-order valence-electron chi connectivity index (χ3n) is 3.39. The highest BCUT2D eigenvalue weighted by atomic mass is 16.3. The van der Waals surface area contributed by atoms with Gasteiger partial charge in [0.2, 0.25) is 0 Å². The Hall–Kier alpha value is -2.88. The van der Waals surface area contributed by atoms with Gasteiger partial charge in [0.1, 0.15) is 5.75 Å². The van der Waals surface area contributed by atoms with Crippen LogP contribution in [0.25, 0.3) is 10.9 Å². The summed E-state index contributed by atoms with van der Waals surface area (Å²) in [6, 6.07) is 15.8. The number of amides is 1. The van der Waals surface area contributed by atoms with Crippen LogP contribution < -0.4 is 4.90 Å². The lowest BCUT2D eigenvalue weighted by Crippen LogP contribution is -2.26. The van der Waals surface area contributed by atoms with E-state index in [2.05, 4.69) is 4.98 Å². The van der Waals surface area contributed by atoms with Gasteiger partial charge in [-0.15, -0.1) is 0 Å². The number of phenolic OH excluding ortho intramolecular Hbond substituents is 1. The molecule has 4 heteroatoms. The van der Waals surface area contributed by atoms with Crippen LogP contribution >= 0.6 is 0 Å². The van der Waals surface area contributed by atoms with Crippen molar-refractivity contribution in [3.05, 3.63) is 66.4 Å². The summed E-state index contributed by atoms with van der Waals surface area (Å²) >= 11 is 0. The second kappa shape index (κ2) is 5.25. The van der Waals surface area contributed by atoms with Gasteiger partial charge in [0.25, 0.3) is 5.91 Å². The first kappa shape index (κ1) is 13.1. The fourth-order valence-corrected chi connectivity index (χ4v) is 2.20. The molecule has 0 atom stereocenters. The van der Waals surface area contributed by atoms with E-state index in [1.54, 1.807) is 48.5 Å². The predicted molar refractivity (Wildman–Crippen MR) is 82.6 cm³/mol. The Bertz CT molecular complexity index is 797. The van der Waals surface area contributed by atoms with Gasteiger partial charge >= 0.3 is 0 Å². The summed E-state index contributed by atoms with van der Waals surface area (Å²) in [4.78, 5) is 18.3. The minimum Gasteiger partial charge on any atom is -0.508 e. The number of phenols is 1. The molecular formula is C17H14N2O2. The van der Waals surface area contributed by atoms with Crippen LogP contribution in [0.4, 0.5) is 5.69 Å². The van der Waals surface area contributed by atoms with Gasteiger partial charge in [0, 0.05) is 29.9 Å². The van der Waals surface area contributed by atoms with Crippen molar-refractivity contribution in [1.82, 2.24) is 4.98 Å². The lowest BCUT2D eigenvalue weighted by molar-refractivity contribution is 0.0993. The molecule has 0 bridgehead atoms. The van der Waals surface area contributed by atoms with Crippen molar-refractivity contribution in [2.45, 2.75) is 0 Å². The predicted octanol–water partition coefficient (Wildman–Crippen LogP) is 3.22. The summed E-state index contributed by atoms with van der Waals surface area (Å²) in [6.07, 6.45) is 1.73. The molecule has 0 saturated heterocycles. The summed E-state index contributed by atoms with van der Waals surface area (Å²) in [5.41, 5.74) is 2.19. The highest BCUT2D eigenvalue weighted by molar-refractivity contribution is 6.07. The minimum absolute atomic E-state index is 0.105. The number of pyridine rings is 1. The number of aromatic hydroxyl groups is 1. The van der Waals surface area contributed by atoms with E-state index in [1.165, 1.54) is 0 Å². The highest BCUT2D eigenvalue weighted by Gasteiger charge is 2.13. The van der Waals surface area contributed by atoms with E-state index in [4.69, 9.17) is 0 Å². The monoisotopic (exact) mass is 278 g/mol. The summed E-state index contributed by atoms with van der Waals surface area (Å²) in [7, 11) is 1.71. The number of anilines is 1. The highest BCUT2D eigenvalue weighted by Crippen LogP contribution is 2.20. The van der Waals surface area contributed by atoms with Gasteiger partial charge < -0.3 is 10.0 Å². The molecule has 1 amide bonds. The minimum atomic E-state index is -0.105. The standard InChI is InChI=1S/C17H14N2O2/c1-19(14-5-7-15(20)8-6-14)17(21)13-4-9-16-12(11-13)3-2-10-18-16/h2-11,20H,1H3. The number of rotatable bonds is 2. The Morgan fingerprint density at radius 2 is 1.86 bits per heavy atom. The van der Waals surface area contributed by atoms with E-state index in [1.807, 2.05) is 24.3 Å². The van der Waals surface area contributed by atoms with Crippen LogP contribution in [0, 0.1) is 0 Å². The molecule has 0 radical (unpaired) electrons. The summed E-state index contributed by atoms with van der Waals surface area (Å²) in [5, 5.41) is 10.2. The van der Waals surface area contributed by atoms with E-state index >= 15 is 0 Å². The Labute approximate surface area is 122 Å². The Morgan fingerprint density at radius 3 is 2.62 bits per heavy atom. The van der Waals surface area contributed by atoms with E-state index in [9.17, 15) is 9.90 Å². The van der Waals surface area contributed by atoms with Gasteiger partial charge in [-0.05, 0) is 48.5 Å². The maximum Gasteiger partial charge on any atom is 0.258 e. The summed E-state index contributed by atoms with van der Waals surface area (Å²) < 4.78 is 0. The third kappa shape index (κ3) is 2.56. The maximum absolute atomic E-state index is 12.5. The number of nitrogens with zero attached hydrogens (tertiary/aromatic N) is 2. The SMILES string of the molecule is CN(C(=O)c1ccc2ncccc2c1)c1ccc(O)cc1. The molecule has 3 rings (SSSR count). The molecule has 0 unspecified atom stereocenters. The van der Waals surface area contributed by atoms with Crippen molar-refractivity contribution in [2.24, 2.45) is 0 Å². The normalized spacial score (nSPS) is 10.5. The van der Waals surface area contributed by atoms with Crippen LogP contribution in [0.5, 0.6) is 5.75 Å². The van der Waals surface area contributed by atoms with E-state index in [-0.39, 0.29) is 11.7 Å². The zero-order chi connectivity index (χ0) is 14.8. The third-order valence-corrected chi connectivity index (χ3v) is 3.39. The molecule has 0 aliphatic carbocycles. The molecule has 0 saturated carbocycles. The fourth-order valence-electron chi connectivity index (χ4n) is 2.20. The smallest absolute Gasteiger partial charge is 0.258 e. The molecule has 0 fully saturated rings. The van der Waals surface area contributed by atoms with Crippen LogP contribution in [0.3, 0.4) is 0 Å². The number of benzene rings is 2. The van der Waals surface area contributed by atoms with Crippen LogP contribution in [0.15, 0.2) is 60.8 Å². The van der Waals surface area contributed by atoms with E-state index < -0.39 is 0 Å². The summed E-state index contributed by atoms with van der Waals surface area (Å²) in [5.74, 6) is 0.0721. The Morgan fingerprint density at radius 1 is 1.10 bits per heavy atom. The second-order valence-corrected chi connectivity index (χ2v) is 4.79. The molecule has 1 heterocycles. The topological polar surface area (TPSA) is 53.4 Å². The van der Waals surface area contributed by atoms with Gasteiger partial charge in [0.15, 0.2) is 0 Å². The van der Waals surface area contributed by atoms with Crippen LogP contribution in [-0.4, -0.2) is 23.0 Å². The van der Waals surface area contributed by atoms with Gasteiger partial charge in [-0.2, -0.15) is 0 Å². The quantitative estimate of drug-likeness (QED) is 0.783. The molecule has 4 nitrogen and oxygen atoms in total. The van der Waals surface area contributed by atoms with Crippen LogP contribution in [0.2, 0.25) is 0 Å². The van der Waals surface area contributed by atoms with Gasteiger partial charge in [-0.25, -0.2) is 0 Å². The second-order valence-electron chi connectivity index (χ2n) is 4.79. The first-order valence-corrected chi connectivity index (χ1v) is 6.57. The Kier molecular flexibility index (Phi) is 3.28. The lowest BCUT2D eigenvalue weighted by Gasteiger charge is -2.17. The molecule has 0 aliphatic rings. The Balaban J connectivity index is 1.94. The van der Waals surface area contributed by atoms with Gasteiger partial charge in [-0.1, -0.05) is 6.07 Å². The van der Waals surface area contributed by atoms with Crippen molar-refractivity contribution in [3.63, 3.8) is 0 Å². The number of aromatic nitrogens is 1. The first-order valence-electron chi connectivity index (χ1n) is 6.57. The van der Waals surface area contributed by atoms with E-state index in [0.29, 0.717) is 5.56 Å². The zero-order valence-corrected chi connectivity index (χ0v) is 11.5. The van der Waals surface area contributed by atoms with Crippen molar-refractivity contribution < 1.29 is 9.90 Å². The fraction of sp³-hybridized carbons (Fsp3) is 0.0588. The lowest BCUT2D eigenvalue weighted by atomic mass is 10.1. The first-order chi connectivity index (χ1) is 10.1. The van der Waals surface area contributed by atoms with Crippen LogP contribution in [0.1, 0.15) is 10.4 Å². The number of carbonyl (C=O) groups excluding carboxylic acids is 1. The molecular weight excluding hydrogens is 264 g/mol. The molecule has 104 valence electrons. The maximum atomic E-state index is 12.5.